The van der Waals surface area contributed by atoms with Crippen LogP contribution in [0.25, 0.3) is 23.2 Å². The van der Waals surface area contributed by atoms with Gasteiger partial charge in [-0.05, 0) is 35.5 Å². The average molecular weight is 432 g/mol. The number of nitrogens with two attached hydrogens (primary N) is 1. The zero-order valence-electron chi connectivity index (χ0n) is 13.6. The van der Waals surface area contributed by atoms with Gasteiger partial charge in [-0.1, -0.05) is 70.9 Å². The first-order valence-electron chi connectivity index (χ1n) is 7.75. The van der Waals surface area contributed by atoms with E-state index < -0.39 is 0 Å². The normalized spacial score (nSPS) is 11.5. The van der Waals surface area contributed by atoms with Crippen LogP contribution in [0.1, 0.15) is 11.3 Å². The number of rotatable bonds is 4. The molecule has 9 heteroatoms. The van der Waals surface area contributed by atoms with Crippen molar-refractivity contribution in [1.82, 2.24) is 20.2 Å². The lowest BCUT2D eigenvalue weighted by Crippen LogP contribution is -1.93. The molecule has 134 valence electrons. The third-order valence-electron chi connectivity index (χ3n) is 3.54. The number of aromatic nitrogens is 4. The fourth-order valence-electron chi connectivity index (χ4n) is 2.32. The van der Waals surface area contributed by atoms with E-state index in [4.69, 9.17) is 38.9 Å². The van der Waals surface area contributed by atoms with Crippen LogP contribution in [0.4, 0.5) is 5.13 Å². The lowest BCUT2D eigenvalue weighted by molar-refractivity contribution is 1.01. The Morgan fingerprint density at radius 3 is 2.30 bits per heavy atom. The number of nitrogens with zero attached hydrogens (tertiary/aromatic N) is 4. The quantitative estimate of drug-likeness (QED) is 0.446. The molecule has 0 aliphatic carbocycles. The van der Waals surface area contributed by atoms with Crippen molar-refractivity contribution in [2.45, 2.75) is 9.37 Å². The van der Waals surface area contributed by atoms with E-state index in [-0.39, 0.29) is 0 Å². The smallest absolute Gasteiger partial charge is 0.203 e. The number of hydrogen-bond donors (Lipinski definition) is 1. The highest BCUT2D eigenvalue weighted by Gasteiger charge is 2.13. The molecule has 0 radical (unpaired) electrons. The van der Waals surface area contributed by atoms with Crippen LogP contribution in [-0.2, 0) is 0 Å². The Morgan fingerprint density at radius 2 is 1.63 bits per heavy atom. The summed E-state index contributed by atoms with van der Waals surface area (Å²) in [6.07, 6.45) is 3.89. The van der Waals surface area contributed by atoms with Gasteiger partial charge >= 0.3 is 0 Å². The highest BCUT2D eigenvalue weighted by atomic mass is 35.5. The van der Waals surface area contributed by atoms with E-state index in [0.29, 0.717) is 41.3 Å². The van der Waals surface area contributed by atoms with Crippen molar-refractivity contribution in [2.24, 2.45) is 0 Å². The number of halogens is 2. The van der Waals surface area contributed by atoms with Crippen molar-refractivity contribution in [3.63, 3.8) is 0 Å². The Morgan fingerprint density at radius 1 is 0.926 bits per heavy atom. The lowest BCUT2D eigenvalue weighted by Gasteiger charge is -2.06. The minimum atomic E-state index is 0.405. The van der Waals surface area contributed by atoms with E-state index in [9.17, 15) is 0 Å². The third-order valence-corrected chi connectivity index (χ3v) is 6.06. The van der Waals surface area contributed by atoms with Crippen LogP contribution in [0.2, 0.25) is 10.0 Å². The van der Waals surface area contributed by atoms with Crippen LogP contribution < -0.4 is 5.73 Å². The highest BCUT2D eigenvalue weighted by Crippen LogP contribution is 2.34. The van der Waals surface area contributed by atoms with E-state index in [2.05, 4.69) is 10.2 Å². The summed E-state index contributed by atoms with van der Waals surface area (Å²) in [7, 11) is 0. The highest BCUT2D eigenvalue weighted by molar-refractivity contribution is 8.01. The Kier molecular flexibility index (Phi) is 5.27. The van der Waals surface area contributed by atoms with Gasteiger partial charge in [0.25, 0.3) is 0 Å². The molecular formula is C18H11Cl2N5S2. The van der Waals surface area contributed by atoms with Gasteiger partial charge in [-0.15, -0.1) is 10.2 Å². The minimum absolute atomic E-state index is 0.405. The van der Waals surface area contributed by atoms with Crippen LogP contribution in [0, 0.1) is 0 Å². The van der Waals surface area contributed by atoms with E-state index in [0.717, 1.165) is 5.56 Å². The average Bonchev–Trinajstić information content (AvgIpc) is 3.07. The summed E-state index contributed by atoms with van der Waals surface area (Å²) in [6, 6.07) is 13.4. The Labute approximate surface area is 173 Å². The molecule has 0 saturated heterocycles. The zero-order chi connectivity index (χ0) is 18.8. The van der Waals surface area contributed by atoms with Crippen molar-refractivity contribution in [3.05, 3.63) is 63.8 Å². The van der Waals surface area contributed by atoms with Gasteiger partial charge in [0.2, 0.25) is 5.13 Å². The molecule has 2 aromatic carbocycles. The van der Waals surface area contributed by atoms with Gasteiger partial charge in [-0.2, -0.15) is 0 Å². The van der Waals surface area contributed by atoms with Crippen LogP contribution >= 0.6 is 46.3 Å². The van der Waals surface area contributed by atoms with Crippen LogP contribution in [0.5, 0.6) is 0 Å². The predicted molar refractivity (Wildman–Crippen MR) is 113 cm³/mol. The molecule has 0 amide bonds. The first kappa shape index (κ1) is 18.2. The van der Waals surface area contributed by atoms with Gasteiger partial charge in [0.15, 0.2) is 4.34 Å². The van der Waals surface area contributed by atoms with E-state index in [1.165, 1.54) is 23.1 Å². The summed E-state index contributed by atoms with van der Waals surface area (Å²) in [4.78, 5) is 9.41. The molecule has 0 spiro atoms. The second kappa shape index (κ2) is 7.82. The fourth-order valence-corrected chi connectivity index (χ4v) is 4.24. The van der Waals surface area contributed by atoms with E-state index >= 15 is 0 Å². The van der Waals surface area contributed by atoms with Crippen LogP contribution in [0.3, 0.4) is 0 Å². The molecule has 2 aromatic heterocycles. The van der Waals surface area contributed by atoms with Gasteiger partial charge in [0, 0.05) is 0 Å². The third kappa shape index (κ3) is 4.22. The number of hydrogen-bond acceptors (Lipinski definition) is 7. The van der Waals surface area contributed by atoms with Crippen molar-refractivity contribution in [1.29, 1.82) is 0 Å². The summed E-state index contributed by atoms with van der Waals surface area (Å²) >= 11 is 14.9. The van der Waals surface area contributed by atoms with Gasteiger partial charge in [-0.3, -0.25) is 0 Å². The second-order valence-corrected chi connectivity index (χ2v) is 8.48. The molecule has 27 heavy (non-hydrogen) atoms. The number of benzene rings is 2. The van der Waals surface area contributed by atoms with Gasteiger partial charge < -0.3 is 5.73 Å². The SMILES string of the molecule is Nc1nnc(Sc2nc3cc(Cl)c(Cl)cc3nc2/C=C/c2ccccc2)s1. The van der Waals surface area contributed by atoms with Crippen LogP contribution in [0.15, 0.2) is 51.8 Å². The molecule has 0 aliphatic heterocycles. The van der Waals surface area contributed by atoms with Crippen molar-refractivity contribution in [3.8, 4) is 0 Å². The first-order chi connectivity index (χ1) is 13.1. The predicted octanol–water partition coefficient (Wildman–Crippen LogP) is 5.69. The van der Waals surface area contributed by atoms with Crippen molar-refractivity contribution in [2.75, 3.05) is 5.73 Å². The van der Waals surface area contributed by atoms with E-state index in [1.54, 1.807) is 12.1 Å². The molecule has 0 bridgehead atoms. The van der Waals surface area contributed by atoms with Crippen molar-refractivity contribution < 1.29 is 0 Å². The van der Waals surface area contributed by atoms with Gasteiger partial charge in [-0.25, -0.2) is 9.97 Å². The maximum atomic E-state index is 6.13. The topological polar surface area (TPSA) is 77.6 Å². The minimum Gasteiger partial charge on any atom is -0.374 e. The monoisotopic (exact) mass is 431 g/mol. The summed E-state index contributed by atoms with van der Waals surface area (Å²) in [5.74, 6) is 0. The molecule has 0 aliphatic rings. The van der Waals surface area contributed by atoms with Crippen molar-refractivity contribution >= 4 is 74.6 Å². The van der Waals surface area contributed by atoms with Crippen LogP contribution in [-0.4, -0.2) is 20.2 Å². The summed E-state index contributed by atoms with van der Waals surface area (Å²) in [5.41, 5.74) is 8.76. The molecule has 2 N–H and O–H groups in total. The zero-order valence-corrected chi connectivity index (χ0v) is 16.8. The van der Waals surface area contributed by atoms with Gasteiger partial charge in [0.05, 0.1) is 26.8 Å². The standard InChI is InChI=1S/C18H11Cl2N5S2/c19-11-8-14-15(9-12(11)20)23-16(26-18-25-24-17(21)27-18)13(22-14)7-6-10-4-2-1-3-5-10/h1-9H,(H2,21,24)/b7-6+. The van der Waals surface area contributed by atoms with E-state index in [1.807, 2.05) is 42.5 Å². The molecule has 0 atom stereocenters. The molecule has 0 fully saturated rings. The Bertz CT molecular complexity index is 1150. The summed E-state index contributed by atoms with van der Waals surface area (Å²) in [6.45, 7) is 0. The molecule has 5 nitrogen and oxygen atoms in total. The first-order valence-corrected chi connectivity index (χ1v) is 10.1. The number of anilines is 1. The van der Waals surface area contributed by atoms with Gasteiger partial charge in [0.1, 0.15) is 5.03 Å². The molecule has 0 unspecified atom stereocenters. The second-order valence-electron chi connectivity index (χ2n) is 5.42. The lowest BCUT2D eigenvalue weighted by atomic mass is 10.2. The molecule has 2 heterocycles. The molecular weight excluding hydrogens is 421 g/mol. The molecule has 4 rings (SSSR count). The maximum absolute atomic E-state index is 6.13. The fraction of sp³-hybridized carbons (Fsp3) is 0. The number of fused-ring (bicyclic) bond motifs is 1. The molecule has 4 aromatic rings. The Hall–Kier alpha value is -2.19. The summed E-state index contributed by atoms with van der Waals surface area (Å²) < 4.78 is 0.690. The maximum Gasteiger partial charge on any atom is 0.203 e. The largest absolute Gasteiger partial charge is 0.374 e. The Balaban J connectivity index is 1.81. The summed E-state index contributed by atoms with van der Waals surface area (Å²) in [5, 5.41) is 9.86. The number of nitrogen functional groups attached to an aromatic ring is 1. The molecule has 0 saturated carbocycles.